The first-order valence-corrected chi connectivity index (χ1v) is 9.84. The fourth-order valence-electron chi connectivity index (χ4n) is 3.63. The van der Waals surface area contributed by atoms with E-state index < -0.39 is 34.1 Å². The third kappa shape index (κ3) is 3.96. The summed E-state index contributed by atoms with van der Waals surface area (Å²) in [5, 5.41) is 14.0. The molecular weight excluding hydrogens is 432 g/mol. The second-order valence-electron chi connectivity index (χ2n) is 7.54. The first-order chi connectivity index (χ1) is 15.7. The highest BCUT2D eigenvalue weighted by Gasteiger charge is 2.41. The summed E-state index contributed by atoms with van der Waals surface area (Å²) in [7, 11) is 0. The van der Waals surface area contributed by atoms with Gasteiger partial charge in [-0.1, -0.05) is 17.7 Å². The van der Waals surface area contributed by atoms with E-state index in [0.717, 1.165) is 29.3 Å². The van der Waals surface area contributed by atoms with E-state index in [-0.39, 0.29) is 22.5 Å². The Bertz CT molecular complexity index is 1350. The van der Waals surface area contributed by atoms with Crippen molar-refractivity contribution in [3.63, 3.8) is 0 Å². The van der Waals surface area contributed by atoms with Crippen molar-refractivity contribution in [2.45, 2.75) is 13.8 Å². The predicted molar refractivity (Wildman–Crippen MR) is 118 cm³/mol. The summed E-state index contributed by atoms with van der Waals surface area (Å²) in [6.07, 6.45) is 0. The van der Waals surface area contributed by atoms with Crippen LogP contribution in [-0.2, 0) is 9.59 Å². The van der Waals surface area contributed by atoms with Gasteiger partial charge in [-0.3, -0.25) is 19.7 Å². The van der Waals surface area contributed by atoms with Crippen LogP contribution in [0.15, 0.2) is 66.4 Å². The van der Waals surface area contributed by atoms with Crippen LogP contribution in [0, 0.1) is 35.6 Å². The van der Waals surface area contributed by atoms with Crippen molar-refractivity contribution in [3.8, 4) is 0 Å². The zero-order valence-corrected chi connectivity index (χ0v) is 17.6. The average Bonchev–Trinajstić information content (AvgIpc) is 3.01. The molecule has 0 bridgehead atoms. The van der Waals surface area contributed by atoms with Gasteiger partial charge in [0.05, 0.1) is 16.2 Å². The molecule has 7 nitrogen and oxygen atoms in total. The van der Waals surface area contributed by atoms with Crippen LogP contribution in [0.2, 0.25) is 0 Å². The number of aryl methyl sites for hydroxylation is 2. The number of carbonyl (C=O) groups excluding carboxylic acids is 2. The van der Waals surface area contributed by atoms with E-state index >= 15 is 0 Å². The molecule has 1 aliphatic heterocycles. The molecule has 166 valence electrons. The number of carbonyl (C=O) groups is 2. The molecule has 0 aliphatic carbocycles. The smallest absolute Gasteiger partial charge is 0.282 e. The minimum Gasteiger partial charge on any atom is -0.350 e. The molecule has 2 amide bonds. The minimum absolute atomic E-state index is 0.112. The Labute approximate surface area is 187 Å². The zero-order chi connectivity index (χ0) is 23.9. The molecular formula is C24H17F2N3O4. The number of amides is 2. The van der Waals surface area contributed by atoms with Gasteiger partial charge in [0, 0.05) is 23.9 Å². The van der Waals surface area contributed by atoms with Crippen molar-refractivity contribution in [1.29, 1.82) is 0 Å². The van der Waals surface area contributed by atoms with Crippen molar-refractivity contribution in [2.24, 2.45) is 0 Å². The quantitative estimate of drug-likeness (QED) is 0.340. The van der Waals surface area contributed by atoms with Crippen LogP contribution in [0.4, 0.5) is 25.8 Å². The Morgan fingerprint density at radius 2 is 1.61 bits per heavy atom. The number of halogens is 2. The fourth-order valence-corrected chi connectivity index (χ4v) is 3.63. The van der Waals surface area contributed by atoms with Crippen LogP contribution in [-0.4, -0.2) is 16.7 Å². The lowest BCUT2D eigenvalue weighted by molar-refractivity contribution is -0.384. The van der Waals surface area contributed by atoms with E-state index in [4.69, 9.17) is 0 Å². The summed E-state index contributed by atoms with van der Waals surface area (Å²) in [5.74, 6) is -3.53. The topological polar surface area (TPSA) is 92.6 Å². The normalized spacial score (nSPS) is 13.6. The maximum atomic E-state index is 14.5. The molecule has 1 heterocycles. The number of anilines is 2. The zero-order valence-electron chi connectivity index (χ0n) is 17.6. The summed E-state index contributed by atoms with van der Waals surface area (Å²) < 4.78 is 28.3. The first-order valence-electron chi connectivity index (χ1n) is 9.84. The number of nitrogens with one attached hydrogen (secondary N) is 1. The van der Waals surface area contributed by atoms with Gasteiger partial charge in [0.2, 0.25) is 0 Å². The first kappa shape index (κ1) is 21.8. The molecule has 9 heteroatoms. The van der Waals surface area contributed by atoms with Crippen molar-refractivity contribution in [2.75, 3.05) is 10.2 Å². The van der Waals surface area contributed by atoms with Crippen LogP contribution in [0.25, 0.3) is 5.57 Å². The summed E-state index contributed by atoms with van der Waals surface area (Å²) in [4.78, 5) is 37.6. The van der Waals surface area contributed by atoms with Gasteiger partial charge in [-0.2, -0.15) is 0 Å². The Morgan fingerprint density at radius 3 is 2.24 bits per heavy atom. The Kier molecular flexibility index (Phi) is 5.47. The standard InChI is InChI=1S/C24H17F2N3O4/c1-13-3-10-19(14(2)11-13)27-22-21(15-4-7-17(8-5-15)29(32)33)23(30)28(24(22)31)20-12-16(25)6-9-18(20)26/h3-12,27H,1-2H3. The van der Waals surface area contributed by atoms with Crippen molar-refractivity contribution >= 4 is 34.4 Å². The third-order valence-corrected chi connectivity index (χ3v) is 5.24. The molecule has 1 aliphatic rings. The number of imide groups is 1. The van der Waals surface area contributed by atoms with Gasteiger partial charge in [0.25, 0.3) is 17.5 Å². The Morgan fingerprint density at radius 1 is 0.909 bits per heavy atom. The number of benzene rings is 3. The number of nitro benzene ring substituents is 1. The molecule has 0 atom stereocenters. The van der Waals surface area contributed by atoms with Crippen LogP contribution in [0.5, 0.6) is 0 Å². The molecule has 0 radical (unpaired) electrons. The van der Waals surface area contributed by atoms with Gasteiger partial charge < -0.3 is 5.32 Å². The molecule has 1 N–H and O–H groups in total. The highest BCUT2D eigenvalue weighted by Crippen LogP contribution is 2.36. The second-order valence-corrected chi connectivity index (χ2v) is 7.54. The van der Waals surface area contributed by atoms with E-state index in [9.17, 15) is 28.5 Å². The number of hydrogen-bond donors (Lipinski definition) is 1. The van der Waals surface area contributed by atoms with E-state index in [1.165, 1.54) is 24.3 Å². The van der Waals surface area contributed by atoms with Gasteiger partial charge in [0.1, 0.15) is 17.3 Å². The monoisotopic (exact) mass is 449 g/mol. The lowest BCUT2D eigenvalue weighted by Crippen LogP contribution is -2.33. The second kappa shape index (κ2) is 8.27. The van der Waals surface area contributed by atoms with Gasteiger partial charge in [0.15, 0.2) is 0 Å². The van der Waals surface area contributed by atoms with Crippen LogP contribution < -0.4 is 10.2 Å². The molecule has 0 fully saturated rings. The number of hydrogen-bond acceptors (Lipinski definition) is 5. The Hall–Kier alpha value is -4.40. The molecule has 4 rings (SSSR count). The average molecular weight is 449 g/mol. The van der Waals surface area contributed by atoms with Gasteiger partial charge in [-0.05, 0) is 55.3 Å². The molecule has 3 aromatic rings. The lowest BCUT2D eigenvalue weighted by atomic mass is 10.0. The van der Waals surface area contributed by atoms with E-state index in [2.05, 4.69) is 5.32 Å². The minimum atomic E-state index is -0.950. The van der Waals surface area contributed by atoms with Gasteiger partial charge in [-0.25, -0.2) is 13.7 Å². The highest BCUT2D eigenvalue weighted by atomic mass is 19.1. The molecule has 0 saturated heterocycles. The van der Waals surface area contributed by atoms with Gasteiger partial charge >= 0.3 is 0 Å². The fraction of sp³-hybridized carbons (Fsp3) is 0.0833. The number of non-ortho nitro benzene ring substituents is 1. The largest absolute Gasteiger partial charge is 0.350 e. The van der Waals surface area contributed by atoms with E-state index in [1.54, 1.807) is 6.07 Å². The summed E-state index contributed by atoms with van der Waals surface area (Å²) in [6, 6.07) is 12.9. The van der Waals surface area contributed by atoms with E-state index in [0.29, 0.717) is 10.6 Å². The van der Waals surface area contributed by atoms with Gasteiger partial charge in [-0.15, -0.1) is 0 Å². The Balaban J connectivity index is 1.86. The van der Waals surface area contributed by atoms with Crippen LogP contribution >= 0.6 is 0 Å². The molecule has 0 unspecified atom stereocenters. The summed E-state index contributed by atoms with van der Waals surface area (Å²) >= 11 is 0. The molecule has 0 spiro atoms. The molecule has 0 saturated carbocycles. The van der Waals surface area contributed by atoms with Crippen molar-refractivity contribution in [3.05, 3.63) is 105 Å². The molecule has 0 aromatic heterocycles. The van der Waals surface area contributed by atoms with Crippen molar-refractivity contribution in [1.82, 2.24) is 0 Å². The summed E-state index contributed by atoms with van der Waals surface area (Å²) in [6.45, 7) is 3.71. The lowest BCUT2D eigenvalue weighted by Gasteiger charge is -2.16. The molecule has 33 heavy (non-hydrogen) atoms. The van der Waals surface area contributed by atoms with E-state index in [1.807, 2.05) is 26.0 Å². The summed E-state index contributed by atoms with van der Waals surface area (Å²) in [5.41, 5.74) is 1.54. The van der Waals surface area contributed by atoms with Crippen LogP contribution in [0.1, 0.15) is 16.7 Å². The number of rotatable bonds is 5. The third-order valence-electron chi connectivity index (χ3n) is 5.24. The maximum absolute atomic E-state index is 14.5. The maximum Gasteiger partial charge on any atom is 0.282 e. The van der Waals surface area contributed by atoms with Crippen molar-refractivity contribution < 1.29 is 23.3 Å². The predicted octanol–water partition coefficient (Wildman–Crippen LogP) is 4.89. The number of nitrogens with zero attached hydrogens (tertiary/aromatic N) is 2. The molecule has 3 aromatic carbocycles. The number of nitro groups is 1. The SMILES string of the molecule is Cc1ccc(NC2=C(c3ccc([N+](=O)[O-])cc3)C(=O)N(c3cc(F)ccc3F)C2=O)c(C)c1. The highest BCUT2D eigenvalue weighted by molar-refractivity contribution is 6.46. The van der Waals surface area contributed by atoms with Crippen LogP contribution in [0.3, 0.4) is 0 Å².